The van der Waals surface area contributed by atoms with Gasteiger partial charge in [0.25, 0.3) is 0 Å². The van der Waals surface area contributed by atoms with Crippen LogP contribution in [0.2, 0.25) is 0 Å². The van der Waals surface area contributed by atoms with Gasteiger partial charge in [0.05, 0.1) is 0 Å². The van der Waals surface area contributed by atoms with Crippen molar-refractivity contribution in [3.63, 3.8) is 0 Å². The van der Waals surface area contributed by atoms with Gasteiger partial charge >= 0.3 is 6.03 Å². The summed E-state index contributed by atoms with van der Waals surface area (Å²) >= 11 is 0. The molecule has 1 aliphatic heterocycles. The fourth-order valence-electron chi connectivity index (χ4n) is 2.81. The number of piperazine rings is 1. The Hall–Kier alpha value is -2.73. The minimum Gasteiger partial charge on any atom is -0.378 e. The van der Waals surface area contributed by atoms with Crippen LogP contribution in [-0.2, 0) is 0 Å². The summed E-state index contributed by atoms with van der Waals surface area (Å²) in [6.07, 6.45) is 0. The lowest BCUT2D eigenvalue weighted by molar-refractivity contribution is 0.262. The van der Waals surface area contributed by atoms with Gasteiger partial charge in [-0.25, -0.2) is 4.79 Å². The van der Waals surface area contributed by atoms with E-state index in [-0.39, 0.29) is 6.03 Å². The molecule has 1 fully saturated rings. The Morgan fingerprint density at radius 1 is 0.920 bits per heavy atom. The first-order valence-electron chi connectivity index (χ1n) is 8.53. The zero-order valence-electron chi connectivity index (χ0n) is 14.7. The third-order valence-electron chi connectivity index (χ3n) is 4.25. The smallest absolute Gasteiger partial charge is 0.323 e. The molecule has 0 aromatic heterocycles. The Kier molecular flexibility index (Phi) is 5.40. The molecule has 0 bridgehead atoms. The molecule has 3 N–H and O–H groups in total. The number of hydrogen-bond donors (Lipinski definition) is 3. The van der Waals surface area contributed by atoms with E-state index in [9.17, 15) is 4.79 Å². The van der Waals surface area contributed by atoms with Gasteiger partial charge in [0, 0.05) is 63.0 Å². The van der Waals surface area contributed by atoms with E-state index in [1.54, 1.807) is 0 Å². The molecule has 6 nitrogen and oxygen atoms in total. The maximum Gasteiger partial charge on any atom is 0.323 e. The zero-order chi connectivity index (χ0) is 17.6. The monoisotopic (exact) mass is 339 g/mol. The Bertz CT molecular complexity index is 691. The predicted octanol–water partition coefficient (Wildman–Crippen LogP) is 2.81. The first-order chi connectivity index (χ1) is 12.1. The van der Waals surface area contributed by atoms with Crippen LogP contribution < -0.4 is 25.8 Å². The van der Waals surface area contributed by atoms with Crippen LogP contribution in [-0.4, -0.2) is 46.3 Å². The van der Waals surface area contributed by atoms with Crippen LogP contribution in [0.4, 0.5) is 27.5 Å². The van der Waals surface area contributed by atoms with Crippen molar-refractivity contribution >= 4 is 28.8 Å². The second-order valence-corrected chi connectivity index (χ2v) is 6.30. The van der Waals surface area contributed by atoms with Crippen molar-refractivity contribution in [1.82, 2.24) is 5.32 Å². The maximum absolute atomic E-state index is 12.1. The van der Waals surface area contributed by atoms with E-state index < -0.39 is 0 Å². The topological polar surface area (TPSA) is 59.6 Å². The predicted molar refractivity (Wildman–Crippen MR) is 105 cm³/mol. The molecule has 0 radical (unpaired) electrons. The van der Waals surface area contributed by atoms with Gasteiger partial charge in [-0.05, 0) is 48.5 Å². The minimum absolute atomic E-state index is 0.243. The Morgan fingerprint density at radius 2 is 1.44 bits per heavy atom. The van der Waals surface area contributed by atoms with Crippen LogP contribution >= 0.6 is 0 Å². The first kappa shape index (κ1) is 17.1. The molecule has 0 aliphatic carbocycles. The lowest BCUT2D eigenvalue weighted by Crippen LogP contribution is -2.43. The number of benzene rings is 2. The number of rotatable bonds is 4. The number of nitrogens with zero attached hydrogens (tertiary/aromatic N) is 2. The van der Waals surface area contributed by atoms with Crippen LogP contribution in [0, 0.1) is 0 Å². The molecule has 3 rings (SSSR count). The van der Waals surface area contributed by atoms with Crippen molar-refractivity contribution in [2.24, 2.45) is 0 Å². The highest BCUT2D eigenvalue weighted by molar-refractivity contribution is 5.99. The van der Waals surface area contributed by atoms with Gasteiger partial charge in [0.2, 0.25) is 0 Å². The van der Waals surface area contributed by atoms with Crippen molar-refractivity contribution in [3.05, 3.63) is 48.5 Å². The Labute approximate surface area is 148 Å². The first-order valence-corrected chi connectivity index (χ1v) is 8.53. The Morgan fingerprint density at radius 3 is 1.96 bits per heavy atom. The van der Waals surface area contributed by atoms with Gasteiger partial charge in [-0.2, -0.15) is 0 Å². The largest absolute Gasteiger partial charge is 0.378 e. The van der Waals surface area contributed by atoms with Gasteiger partial charge in [0.15, 0.2) is 0 Å². The van der Waals surface area contributed by atoms with Crippen molar-refractivity contribution < 1.29 is 4.79 Å². The number of hydrogen-bond acceptors (Lipinski definition) is 4. The summed E-state index contributed by atoms with van der Waals surface area (Å²) in [5, 5.41) is 9.06. The average molecular weight is 339 g/mol. The summed E-state index contributed by atoms with van der Waals surface area (Å²) in [6.45, 7) is 4.04. The SMILES string of the molecule is CN(C)c1ccc(NC(=O)Nc2ccc(N3CCNCC3)cc2)cc1. The Balaban J connectivity index is 1.55. The van der Waals surface area contributed by atoms with Gasteiger partial charge in [-0.3, -0.25) is 0 Å². The number of carbonyl (C=O) groups excluding carboxylic acids is 1. The van der Waals surface area contributed by atoms with E-state index in [0.29, 0.717) is 0 Å². The summed E-state index contributed by atoms with van der Waals surface area (Å²) in [5.41, 5.74) is 3.82. The highest BCUT2D eigenvalue weighted by atomic mass is 16.2. The molecular weight excluding hydrogens is 314 g/mol. The lowest BCUT2D eigenvalue weighted by atomic mass is 10.2. The van der Waals surface area contributed by atoms with Gasteiger partial charge in [0.1, 0.15) is 0 Å². The molecule has 0 spiro atoms. The molecular formula is C19H25N5O. The molecule has 0 unspecified atom stereocenters. The van der Waals surface area contributed by atoms with Crippen LogP contribution in [0.1, 0.15) is 0 Å². The van der Waals surface area contributed by atoms with Crippen LogP contribution in [0.15, 0.2) is 48.5 Å². The van der Waals surface area contributed by atoms with Gasteiger partial charge < -0.3 is 25.8 Å². The summed E-state index contributed by atoms with van der Waals surface area (Å²) in [7, 11) is 3.97. The van der Waals surface area contributed by atoms with Crippen molar-refractivity contribution in [2.45, 2.75) is 0 Å². The molecule has 1 aliphatic rings. The molecule has 1 heterocycles. The quantitative estimate of drug-likeness (QED) is 0.802. The highest BCUT2D eigenvalue weighted by Gasteiger charge is 2.10. The van der Waals surface area contributed by atoms with Crippen LogP contribution in [0.25, 0.3) is 0 Å². The third-order valence-corrected chi connectivity index (χ3v) is 4.25. The lowest BCUT2D eigenvalue weighted by Gasteiger charge is -2.29. The summed E-state index contributed by atoms with van der Waals surface area (Å²) in [4.78, 5) is 16.5. The van der Waals surface area contributed by atoms with Crippen LogP contribution in [0.5, 0.6) is 0 Å². The minimum atomic E-state index is -0.243. The second-order valence-electron chi connectivity index (χ2n) is 6.30. The molecule has 2 aromatic rings. The van der Waals surface area contributed by atoms with E-state index in [2.05, 4.69) is 20.9 Å². The molecule has 0 atom stereocenters. The fourth-order valence-corrected chi connectivity index (χ4v) is 2.81. The van der Waals surface area contributed by atoms with Gasteiger partial charge in [-0.1, -0.05) is 0 Å². The number of urea groups is 1. The number of carbonyl (C=O) groups is 1. The average Bonchev–Trinajstić information content (AvgIpc) is 2.63. The standard InChI is InChI=1S/C19H25N5O/c1-23(2)17-7-3-15(4-8-17)21-19(25)22-16-5-9-18(10-6-16)24-13-11-20-12-14-24/h3-10,20H,11-14H2,1-2H3,(H2,21,22,25). The molecule has 6 heteroatoms. The number of nitrogens with one attached hydrogen (secondary N) is 3. The van der Waals surface area contributed by atoms with Crippen molar-refractivity contribution in [3.8, 4) is 0 Å². The third kappa shape index (κ3) is 4.64. The second kappa shape index (κ2) is 7.90. The molecule has 132 valence electrons. The van der Waals surface area contributed by atoms with E-state index >= 15 is 0 Å². The summed E-state index contributed by atoms with van der Waals surface area (Å²) in [6, 6.07) is 15.4. The normalized spacial score (nSPS) is 14.1. The summed E-state index contributed by atoms with van der Waals surface area (Å²) in [5.74, 6) is 0. The van der Waals surface area contributed by atoms with Crippen molar-refractivity contribution in [2.75, 3.05) is 60.7 Å². The molecule has 0 saturated carbocycles. The zero-order valence-corrected chi connectivity index (χ0v) is 14.7. The number of anilines is 4. The highest BCUT2D eigenvalue weighted by Crippen LogP contribution is 2.19. The van der Waals surface area contributed by atoms with E-state index in [1.807, 2.05) is 67.5 Å². The van der Waals surface area contributed by atoms with Crippen LogP contribution in [0.3, 0.4) is 0 Å². The van der Waals surface area contributed by atoms with Gasteiger partial charge in [-0.15, -0.1) is 0 Å². The number of amides is 2. The molecule has 1 saturated heterocycles. The fraction of sp³-hybridized carbons (Fsp3) is 0.316. The molecule has 25 heavy (non-hydrogen) atoms. The van der Waals surface area contributed by atoms with E-state index in [0.717, 1.165) is 43.2 Å². The van der Waals surface area contributed by atoms with E-state index in [1.165, 1.54) is 5.69 Å². The van der Waals surface area contributed by atoms with E-state index in [4.69, 9.17) is 0 Å². The maximum atomic E-state index is 12.1. The summed E-state index contributed by atoms with van der Waals surface area (Å²) < 4.78 is 0. The molecule has 2 amide bonds. The molecule has 2 aromatic carbocycles. The van der Waals surface area contributed by atoms with Crippen molar-refractivity contribution in [1.29, 1.82) is 0 Å².